The van der Waals surface area contributed by atoms with Gasteiger partial charge in [0.1, 0.15) is 11.2 Å². The van der Waals surface area contributed by atoms with Crippen LogP contribution < -0.4 is 0 Å². The molecular formula is C46H28O. The van der Waals surface area contributed by atoms with Crippen LogP contribution in [0.5, 0.6) is 0 Å². The molecule has 0 unspecified atom stereocenters. The van der Waals surface area contributed by atoms with Crippen molar-refractivity contribution in [3.8, 4) is 33.4 Å². The Morgan fingerprint density at radius 2 is 0.723 bits per heavy atom. The summed E-state index contributed by atoms with van der Waals surface area (Å²) in [6.07, 6.45) is 0. The number of benzene rings is 9. The topological polar surface area (TPSA) is 13.1 Å². The summed E-state index contributed by atoms with van der Waals surface area (Å²) < 4.78 is 6.34. The molecule has 0 aliphatic heterocycles. The molecule has 0 aliphatic carbocycles. The van der Waals surface area contributed by atoms with Crippen molar-refractivity contribution in [1.29, 1.82) is 0 Å². The number of hydrogen-bond acceptors (Lipinski definition) is 1. The first kappa shape index (κ1) is 26.1. The largest absolute Gasteiger partial charge is 0.456 e. The first-order valence-electron chi connectivity index (χ1n) is 16.2. The molecule has 0 radical (unpaired) electrons. The van der Waals surface area contributed by atoms with E-state index in [1.807, 2.05) is 12.1 Å². The maximum absolute atomic E-state index is 6.34. The highest BCUT2D eigenvalue weighted by molar-refractivity contribution is 6.22. The highest BCUT2D eigenvalue weighted by atomic mass is 16.3. The Hall–Kier alpha value is -6.18. The van der Waals surface area contributed by atoms with Crippen molar-refractivity contribution < 1.29 is 4.42 Å². The van der Waals surface area contributed by atoms with Gasteiger partial charge in [-0.25, -0.2) is 0 Å². The van der Waals surface area contributed by atoms with Crippen molar-refractivity contribution in [3.05, 3.63) is 170 Å². The van der Waals surface area contributed by atoms with Crippen LogP contribution in [0.25, 0.3) is 98.4 Å². The predicted molar refractivity (Wildman–Crippen MR) is 200 cm³/mol. The zero-order valence-electron chi connectivity index (χ0n) is 25.6. The second kappa shape index (κ2) is 10.2. The van der Waals surface area contributed by atoms with Crippen molar-refractivity contribution >= 4 is 65.0 Å². The number of para-hydroxylation sites is 1. The Bertz CT molecular complexity index is 2790. The van der Waals surface area contributed by atoms with Gasteiger partial charge in [0.25, 0.3) is 0 Å². The summed E-state index contributed by atoms with van der Waals surface area (Å²) in [7, 11) is 0. The van der Waals surface area contributed by atoms with Crippen LogP contribution in [-0.2, 0) is 0 Å². The predicted octanol–water partition coefficient (Wildman–Crippen LogP) is 13.2. The van der Waals surface area contributed by atoms with Gasteiger partial charge >= 0.3 is 0 Å². The van der Waals surface area contributed by atoms with E-state index in [9.17, 15) is 0 Å². The van der Waals surface area contributed by atoms with Gasteiger partial charge in [-0.1, -0.05) is 146 Å². The molecule has 0 spiro atoms. The Labute approximate surface area is 271 Å². The molecule has 1 heterocycles. The first-order chi connectivity index (χ1) is 23.3. The molecule has 1 nitrogen and oxygen atoms in total. The molecular weight excluding hydrogens is 569 g/mol. The summed E-state index contributed by atoms with van der Waals surface area (Å²) in [4.78, 5) is 0. The molecule has 0 atom stereocenters. The van der Waals surface area contributed by atoms with E-state index in [-0.39, 0.29) is 0 Å². The summed E-state index contributed by atoms with van der Waals surface area (Å²) in [5, 5.41) is 12.3. The third-order valence-electron chi connectivity index (χ3n) is 9.85. The molecule has 1 heteroatoms. The molecule has 9 aromatic carbocycles. The van der Waals surface area contributed by atoms with Gasteiger partial charge in [0.15, 0.2) is 0 Å². The highest BCUT2D eigenvalue weighted by Gasteiger charge is 2.18. The minimum Gasteiger partial charge on any atom is -0.456 e. The molecule has 218 valence electrons. The summed E-state index contributed by atoms with van der Waals surface area (Å²) in [5.41, 5.74) is 9.25. The van der Waals surface area contributed by atoms with E-state index in [2.05, 4.69) is 158 Å². The maximum atomic E-state index is 6.34. The lowest BCUT2D eigenvalue weighted by molar-refractivity contribution is 0.669. The zero-order valence-corrected chi connectivity index (χ0v) is 25.6. The molecule has 0 bridgehead atoms. The van der Waals surface area contributed by atoms with Crippen molar-refractivity contribution in [3.63, 3.8) is 0 Å². The van der Waals surface area contributed by atoms with Gasteiger partial charge < -0.3 is 4.42 Å². The van der Waals surface area contributed by atoms with E-state index >= 15 is 0 Å². The third kappa shape index (κ3) is 3.97. The molecule has 10 rings (SSSR count). The van der Waals surface area contributed by atoms with Crippen LogP contribution in [-0.4, -0.2) is 0 Å². The van der Waals surface area contributed by atoms with Crippen molar-refractivity contribution in [2.45, 2.75) is 0 Å². The van der Waals surface area contributed by atoms with Gasteiger partial charge in [0.05, 0.1) is 0 Å². The Morgan fingerprint density at radius 3 is 1.38 bits per heavy atom. The molecule has 0 N–H and O–H groups in total. The minimum absolute atomic E-state index is 0.914. The van der Waals surface area contributed by atoms with E-state index in [4.69, 9.17) is 4.42 Å². The van der Waals surface area contributed by atoms with Crippen molar-refractivity contribution in [2.75, 3.05) is 0 Å². The van der Waals surface area contributed by atoms with E-state index in [1.54, 1.807) is 0 Å². The number of furan rings is 1. The van der Waals surface area contributed by atoms with Crippen LogP contribution in [0.15, 0.2) is 174 Å². The van der Waals surface area contributed by atoms with E-state index in [0.717, 1.165) is 27.5 Å². The van der Waals surface area contributed by atoms with E-state index in [1.165, 1.54) is 70.9 Å². The van der Waals surface area contributed by atoms with Crippen LogP contribution in [0, 0.1) is 0 Å². The molecule has 1 aromatic heterocycles. The fourth-order valence-corrected chi connectivity index (χ4v) is 7.77. The first-order valence-corrected chi connectivity index (χ1v) is 16.2. The molecule has 0 saturated carbocycles. The highest BCUT2D eigenvalue weighted by Crippen LogP contribution is 2.45. The summed E-state index contributed by atoms with van der Waals surface area (Å²) in [6.45, 7) is 0. The van der Waals surface area contributed by atoms with Crippen LogP contribution >= 0.6 is 0 Å². The minimum atomic E-state index is 0.914. The average Bonchev–Trinajstić information content (AvgIpc) is 3.51. The van der Waals surface area contributed by atoms with Gasteiger partial charge in [0, 0.05) is 10.8 Å². The molecule has 0 saturated heterocycles. The fraction of sp³-hybridized carbons (Fsp3) is 0. The van der Waals surface area contributed by atoms with Crippen LogP contribution in [0.3, 0.4) is 0 Å². The standard InChI is InChI=1S/C46H28O/c1-2-14-33-29(11-1)12-9-20-35(33)36-21-10-13-30-27-31(23-25-34(30)36)45-39-16-3-5-18-41(39)46(42-19-6-4-17-40(42)45)32-24-26-38-37-15-7-8-22-43(37)47-44(38)28-32/h1-28H. The normalized spacial score (nSPS) is 11.8. The smallest absolute Gasteiger partial charge is 0.136 e. The number of fused-ring (bicyclic) bond motifs is 7. The quantitative estimate of drug-likeness (QED) is 0.185. The third-order valence-corrected chi connectivity index (χ3v) is 9.85. The SMILES string of the molecule is c1ccc2c(-c3cccc4cc(-c5c6ccccc6c(-c6ccc7c(c6)oc6ccccc67)c6ccccc56)ccc34)cccc2c1. The Kier molecular flexibility index (Phi) is 5.64. The fourth-order valence-electron chi connectivity index (χ4n) is 7.77. The van der Waals surface area contributed by atoms with Gasteiger partial charge in [0.2, 0.25) is 0 Å². The Balaban J connectivity index is 1.21. The molecule has 10 aromatic rings. The van der Waals surface area contributed by atoms with Crippen LogP contribution in [0.2, 0.25) is 0 Å². The Morgan fingerprint density at radius 1 is 0.277 bits per heavy atom. The number of rotatable bonds is 3. The van der Waals surface area contributed by atoms with E-state index in [0.29, 0.717) is 0 Å². The summed E-state index contributed by atoms with van der Waals surface area (Å²) >= 11 is 0. The molecule has 0 fully saturated rings. The summed E-state index contributed by atoms with van der Waals surface area (Å²) in [6, 6.07) is 61.6. The average molecular weight is 597 g/mol. The second-order valence-electron chi connectivity index (χ2n) is 12.4. The lowest BCUT2D eigenvalue weighted by atomic mass is 9.85. The van der Waals surface area contributed by atoms with Gasteiger partial charge in [-0.15, -0.1) is 0 Å². The molecule has 47 heavy (non-hydrogen) atoms. The van der Waals surface area contributed by atoms with Crippen molar-refractivity contribution in [2.24, 2.45) is 0 Å². The zero-order chi connectivity index (χ0) is 30.9. The second-order valence-corrected chi connectivity index (χ2v) is 12.4. The maximum Gasteiger partial charge on any atom is 0.136 e. The monoisotopic (exact) mass is 596 g/mol. The van der Waals surface area contributed by atoms with Gasteiger partial charge in [-0.2, -0.15) is 0 Å². The van der Waals surface area contributed by atoms with Gasteiger partial charge in [-0.05, 0) is 101 Å². The lowest BCUT2D eigenvalue weighted by Gasteiger charge is -2.18. The lowest BCUT2D eigenvalue weighted by Crippen LogP contribution is -1.91. The summed E-state index contributed by atoms with van der Waals surface area (Å²) in [5.74, 6) is 0. The van der Waals surface area contributed by atoms with Crippen LogP contribution in [0.1, 0.15) is 0 Å². The molecule has 0 amide bonds. The van der Waals surface area contributed by atoms with Gasteiger partial charge in [-0.3, -0.25) is 0 Å². The van der Waals surface area contributed by atoms with Crippen LogP contribution in [0.4, 0.5) is 0 Å². The molecule has 0 aliphatic rings. The van der Waals surface area contributed by atoms with E-state index < -0.39 is 0 Å². The van der Waals surface area contributed by atoms with Crippen molar-refractivity contribution in [1.82, 2.24) is 0 Å². The number of hydrogen-bond donors (Lipinski definition) is 0.